The van der Waals surface area contributed by atoms with Gasteiger partial charge in [0.05, 0.1) is 19.3 Å². The van der Waals surface area contributed by atoms with Crippen LogP contribution < -0.4 is 0 Å². The Balaban J connectivity index is 2.18. The summed E-state index contributed by atoms with van der Waals surface area (Å²) in [5.74, 6) is 0.134. The summed E-state index contributed by atoms with van der Waals surface area (Å²) < 4.78 is 4.99. The second-order valence-electron chi connectivity index (χ2n) is 6.72. The first-order valence-corrected chi connectivity index (χ1v) is 8.38. The highest BCUT2D eigenvalue weighted by molar-refractivity contribution is 5.84. The highest BCUT2D eigenvalue weighted by Gasteiger charge is 2.43. The average molecular weight is 333 g/mol. The number of likely N-dealkylation sites (N-methyl/N-ethyl adjacent to an activating group) is 1. The van der Waals surface area contributed by atoms with Gasteiger partial charge in [0, 0.05) is 19.3 Å². The molecular weight excluding hydrogens is 306 g/mol. The number of esters is 1. The zero-order valence-corrected chi connectivity index (χ0v) is 15.0. The van der Waals surface area contributed by atoms with Crippen LogP contribution in [-0.4, -0.2) is 60.5 Å². The number of methoxy groups -OCH3 is 1. The Morgan fingerprint density at radius 1 is 1.46 bits per heavy atom. The number of hydrogen-bond donors (Lipinski definition) is 0. The predicted molar refractivity (Wildman–Crippen MR) is 91.2 cm³/mol. The lowest BCUT2D eigenvalue weighted by Crippen LogP contribution is -2.53. The minimum Gasteiger partial charge on any atom is -0.467 e. The van der Waals surface area contributed by atoms with E-state index in [4.69, 9.17) is 4.74 Å². The van der Waals surface area contributed by atoms with Gasteiger partial charge in [-0.25, -0.2) is 4.79 Å². The standard InChI is InChI=1S/C18H27N3O3/c1-14-8-7-11-21(12-14)16(22)13-20(3)18(2,17(23)24-4)15-9-5-6-10-19-15/h5-6,9-10,14H,7-8,11-13H2,1-4H3. The van der Waals surface area contributed by atoms with Crippen LogP contribution in [0.2, 0.25) is 0 Å². The van der Waals surface area contributed by atoms with E-state index in [9.17, 15) is 9.59 Å². The van der Waals surface area contributed by atoms with Crippen molar-refractivity contribution in [3.63, 3.8) is 0 Å². The molecule has 1 aliphatic rings. The monoisotopic (exact) mass is 333 g/mol. The molecule has 0 radical (unpaired) electrons. The number of piperidine rings is 1. The molecule has 0 aliphatic carbocycles. The molecule has 1 aromatic heterocycles. The van der Waals surface area contributed by atoms with Crippen molar-refractivity contribution >= 4 is 11.9 Å². The molecule has 0 bridgehead atoms. The van der Waals surface area contributed by atoms with Crippen LogP contribution in [0, 0.1) is 5.92 Å². The maximum absolute atomic E-state index is 12.7. The topological polar surface area (TPSA) is 62.7 Å². The van der Waals surface area contributed by atoms with Crippen molar-refractivity contribution in [2.45, 2.75) is 32.2 Å². The lowest BCUT2D eigenvalue weighted by Gasteiger charge is -2.37. The van der Waals surface area contributed by atoms with E-state index < -0.39 is 11.5 Å². The Labute approximate surface area is 143 Å². The van der Waals surface area contributed by atoms with Crippen LogP contribution in [0.25, 0.3) is 0 Å². The number of carbonyl (C=O) groups is 2. The second-order valence-corrected chi connectivity index (χ2v) is 6.72. The van der Waals surface area contributed by atoms with Crippen LogP contribution in [0.3, 0.4) is 0 Å². The molecule has 6 nitrogen and oxygen atoms in total. The summed E-state index contributed by atoms with van der Waals surface area (Å²) in [7, 11) is 3.11. The molecule has 2 atom stereocenters. The molecule has 2 heterocycles. The van der Waals surface area contributed by atoms with Gasteiger partial charge in [-0.15, -0.1) is 0 Å². The van der Waals surface area contributed by atoms with Crippen molar-refractivity contribution in [3.8, 4) is 0 Å². The summed E-state index contributed by atoms with van der Waals surface area (Å²) >= 11 is 0. The first-order valence-electron chi connectivity index (χ1n) is 8.38. The SMILES string of the molecule is COC(=O)C(C)(c1ccccn1)N(C)CC(=O)N1CCCC(C)C1. The number of rotatable bonds is 5. The van der Waals surface area contributed by atoms with Gasteiger partial charge in [0.25, 0.3) is 0 Å². The van der Waals surface area contributed by atoms with Gasteiger partial charge >= 0.3 is 5.97 Å². The summed E-state index contributed by atoms with van der Waals surface area (Å²) in [5, 5.41) is 0. The predicted octanol–water partition coefficient (Wildman–Crippen LogP) is 1.66. The molecule has 2 unspecified atom stereocenters. The summed E-state index contributed by atoms with van der Waals surface area (Å²) in [6.07, 6.45) is 3.83. The Kier molecular flexibility index (Phi) is 5.94. The van der Waals surface area contributed by atoms with Crippen molar-refractivity contribution in [1.29, 1.82) is 0 Å². The van der Waals surface area contributed by atoms with Crippen molar-refractivity contribution in [2.75, 3.05) is 33.8 Å². The van der Waals surface area contributed by atoms with Gasteiger partial charge in [0.15, 0.2) is 5.54 Å². The van der Waals surface area contributed by atoms with Gasteiger partial charge in [-0.2, -0.15) is 0 Å². The van der Waals surface area contributed by atoms with Crippen LogP contribution in [0.1, 0.15) is 32.4 Å². The van der Waals surface area contributed by atoms with E-state index in [2.05, 4.69) is 11.9 Å². The maximum Gasteiger partial charge on any atom is 0.332 e. The number of hydrogen-bond acceptors (Lipinski definition) is 5. The molecular formula is C18H27N3O3. The Bertz CT molecular complexity index is 578. The molecule has 6 heteroatoms. The molecule has 24 heavy (non-hydrogen) atoms. The van der Waals surface area contributed by atoms with E-state index in [0.717, 1.165) is 25.9 Å². The third-order valence-corrected chi connectivity index (χ3v) is 4.89. The van der Waals surface area contributed by atoms with Crippen LogP contribution in [0.4, 0.5) is 0 Å². The third-order valence-electron chi connectivity index (χ3n) is 4.89. The lowest BCUT2D eigenvalue weighted by atomic mass is 9.94. The van der Waals surface area contributed by atoms with Gasteiger partial charge in [-0.3, -0.25) is 14.7 Å². The van der Waals surface area contributed by atoms with Crippen LogP contribution in [-0.2, 0) is 19.9 Å². The summed E-state index contributed by atoms with van der Waals surface area (Å²) in [6.45, 7) is 5.62. The smallest absolute Gasteiger partial charge is 0.332 e. The highest BCUT2D eigenvalue weighted by atomic mass is 16.5. The molecule has 2 rings (SSSR count). The van der Waals surface area contributed by atoms with Gasteiger partial charge in [0.1, 0.15) is 0 Å². The largest absolute Gasteiger partial charge is 0.467 e. The fourth-order valence-corrected chi connectivity index (χ4v) is 3.18. The second kappa shape index (κ2) is 7.75. The molecule has 1 saturated heterocycles. The molecule has 0 aromatic carbocycles. The molecule has 132 valence electrons. The molecule has 0 saturated carbocycles. The average Bonchev–Trinajstić information content (AvgIpc) is 2.60. The van der Waals surface area contributed by atoms with Gasteiger partial charge in [-0.1, -0.05) is 13.0 Å². The number of ether oxygens (including phenoxy) is 1. The van der Waals surface area contributed by atoms with Gasteiger partial charge in [0.2, 0.25) is 5.91 Å². The summed E-state index contributed by atoms with van der Waals surface area (Å²) in [5.41, 5.74) is -0.535. The normalized spacial score (nSPS) is 20.5. The number of carbonyl (C=O) groups excluding carboxylic acids is 2. The first-order chi connectivity index (χ1) is 11.4. The molecule has 1 aliphatic heterocycles. The number of amides is 1. The minimum atomic E-state index is -1.10. The van der Waals surface area contributed by atoms with E-state index in [1.54, 1.807) is 37.2 Å². The van der Waals surface area contributed by atoms with Crippen LogP contribution in [0.5, 0.6) is 0 Å². The fourth-order valence-electron chi connectivity index (χ4n) is 3.18. The fraction of sp³-hybridized carbons (Fsp3) is 0.611. The van der Waals surface area contributed by atoms with Crippen LogP contribution >= 0.6 is 0 Å². The third kappa shape index (κ3) is 3.75. The zero-order chi connectivity index (χ0) is 17.7. The summed E-state index contributed by atoms with van der Waals surface area (Å²) in [6, 6.07) is 5.40. The van der Waals surface area contributed by atoms with Crippen molar-refractivity contribution in [3.05, 3.63) is 30.1 Å². The molecule has 0 N–H and O–H groups in total. The van der Waals surface area contributed by atoms with Gasteiger partial charge < -0.3 is 9.64 Å². The highest BCUT2D eigenvalue weighted by Crippen LogP contribution is 2.27. The van der Waals surface area contributed by atoms with Gasteiger partial charge in [-0.05, 0) is 44.9 Å². The number of pyridine rings is 1. The zero-order valence-electron chi connectivity index (χ0n) is 15.0. The first kappa shape index (κ1) is 18.4. The number of nitrogens with zero attached hydrogens (tertiary/aromatic N) is 3. The minimum absolute atomic E-state index is 0.0371. The Morgan fingerprint density at radius 3 is 2.79 bits per heavy atom. The lowest BCUT2D eigenvalue weighted by molar-refractivity contribution is -0.156. The number of likely N-dealkylation sites (tertiary alicyclic amines) is 1. The number of aromatic nitrogens is 1. The Hall–Kier alpha value is -1.95. The van der Waals surface area contributed by atoms with E-state index in [0.29, 0.717) is 11.6 Å². The van der Waals surface area contributed by atoms with E-state index in [-0.39, 0.29) is 12.5 Å². The maximum atomic E-state index is 12.7. The molecule has 1 aromatic rings. The summed E-state index contributed by atoms with van der Waals surface area (Å²) in [4.78, 5) is 33.0. The van der Waals surface area contributed by atoms with Crippen molar-refractivity contribution in [1.82, 2.24) is 14.8 Å². The Morgan fingerprint density at radius 2 is 2.21 bits per heavy atom. The molecule has 1 fully saturated rings. The molecule has 0 spiro atoms. The van der Waals surface area contributed by atoms with E-state index in [1.165, 1.54) is 7.11 Å². The quantitative estimate of drug-likeness (QED) is 0.767. The van der Waals surface area contributed by atoms with E-state index >= 15 is 0 Å². The van der Waals surface area contributed by atoms with Crippen molar-refractivity contribution < 1.29 is 14.3 Å². The van der Waals surface area contributed by atoms with Crippen LogP contribution in [0.15, 0.2) is 24.4 Å². The van der Waals surface area contributed by atoms with Crippen molar-refractivity contribution in [2.24, 2.45) is 5.92 Å². The molecule has 1 amide bonds. The van der Waals surface area contributed by atoms with E-state index in [1.807, 2.05) is 11.0 Å².